The molecule has 0 saturated heterocycles. The van der Waals surface area contributed by atoms with E-state index in [0.717, 1.165) is 34.3 Å². The minimum Gasteiger partial charge on any atom is -0.508 e. The van der Waals surface area contributed by atoms with Crippen molar-refractivity contribution in [2.45, 2.75) is 18.9 Å². The average molecular weight is 368 g/mol. The van der Waals surface area contributed by atoms with Gasteiger partial charge in [-0.1, -0.05) is 48.5 Å². The monoisotopic (exact) mass is 368 g/mol. The van der Waals surface area contributed by atoms with Gasteiger partial charge in [0.05, 0.1) is 11.2 Å². The Hall–Kier alpha value is -3.53. The van der Waals surface area contributed by atoms with E-state index >= 15 is 0 Å². The number of hydrogen-bond donors (Lipinski definition) is 2. The van der Waals surface area contributed by atoms with Crippen LogP contribution in [0.3, 0.4) is 0 Å². The molecule has 5 rings (SSSR count). The summed E-state index contributed by atoms with van der Waals surface area (Å²) in [6, 6.07) is 23.6. The lowest BCUT2D eigenvalue weighted by atomic mass is 9.88. The molecule has 0 aliphatic carbocycles. The molecule has 3 aromatic carbocycles. The van der Waals surface area contributed by atoms with E-state index in [4.69, 9.17) is 0 Å². The molecule has 2 N–H and O–H groups in total. The number of anilines is 1. The number of aromatic hydroxyl groups is 1. The minimum atomic E-state index is -0.0521. The number of phenols is 1. The number of nitrogens with one attached hydrogen (secondary N) is 1. The zero-order valence-corrected chi connectivity index (χ0v) is 15.3. The van der Waals surface area contributed by atoms with Gasteiger partial charge in [-0.15, -0.1) is 0 Å². The maximum atomic E-state index is 12.5. The van der Waals surface area contributed by atoms with Crippen LogP contribution in [0.25, 0.3) is 10.9 Å². The second kappa shape index (κ2) is 6.57. The lowest BCUT2D eigenvalue weighted by molar-refractivity contribution is -0.116. The topological polar surface area (TPSA) is 54.3 Å². The molecule has 1 aromatic heterocycles. The Labute approximate surface area is 163 Å². The Bertz CT molecular complexity index is 1160. The van der Waals surface area contributed by atoms with Gasteiger partial charge in [-0.2, -0.15) is 0 Å². The number of carbonyl (C=O) groups is 1. The highest BCUT2D eigenvalue weighted by Gasteiger charge is 2.27. The number of hydrogen-bond acceptors (Lipinski definition) is 2. The fraction of sp³-hybridized carbons (Fsp3) is 0.125. The zero-order chi connectivity index (χ0) is 19.1. The number of carbonyl (C=O) groups excluding carboxylic acids is 1. The summed E-state index contributed by atoms with van der Waals surface area (Å²) < 4.78 is 2.26. The zero-order valence-electron chi connectivity index (χ0n) is 15.3. The van der Waals surface area contributed by atoms with Gasteiger partial charge in [-0.25, -0.2) is 0 Å². The second-order valence-electron chi connectivity index (χ2n) is 7.29. The minimum absolute atomic E-state index is 0.0105. The number of phenolic OH excluding ortho intramolecular Hbond substituents is 1. The van der Waals surface area contributed by atoms with E-state index in [1.807, 2.05) is 30.3 Å². The highest BCUT2D eigenvalue weighted by Crippen LogP contribution is 2.41. The molecule has 0 bridgehead atoms. The van der Waals surface area contributed by atoms with Gasteiger partial charge < -0.3 is 15.0 Å². The molecule has 1 amide bonds. The van der Waals surface area contributed by atoms with Gasteiger partial charge >= 0.3 is 0 Å². The Balaban J connectivity index is 1.69. The van der Waals surface area contributed by atoms with Crippen molar-refractivity contribution in [3.63, 3.8) is 0 Å². The van der Waals surface area contributed by atoms with Gasteiger partial charge in [0.15, 0.2) is 0 Å². The van der Waals surface area contributed by atoms with Crippen LogP contribution >= 0.6 is 0 Å². The van der Waals surface area contributed by atoms with Crippen molar-refractivity contribution in [1.29, 1.82) is 0 Å². The SMILES string of the molecule is O=C1C[C@H](c2ccc(O)cc2)c2cn(Cc3ccccc3)c3cccc(c23)N1. The van der Waals surface area contributed by atoms with Crippen LogP contribution in [0.4, 0.5) is 5.69 Å². The second-order valence-corrected chi connectivity index (χ2v) is 7.29. The van der Waals surface area contributed by atoms with Crippen LogP contribution in [0.15, 0.2) is 79.0 Å². The van der Waals surface area contributed by atoms with Gasteiger partial charge in [-0.05, 0) is 41.0 Å². The summed E-state index contributed by atoms with van der Waals surface area (Å²) >= 11 is 0. The van der Waals surface area contributed by atoms with E-state index in [1.54, 1.807) is 12.1 Å². The maximum absolute atomic E-state index is 12.5. The molecule has 138 valence electrons. The van der Waals surface area contributed by atoms with Gasteiger partial charge in [-0.3, -0.25) is 4.79 Å². The van der Waals surface area contributed by atoms with E-state index in [1.165, 1.54) is 5.56 Å². The molecule has 4 heteroatoms. The molecule has 0 spiro atoms. The molecule has 0 radical (unpaired) electrons. The fourth-order valence-electron chi connectivity index (χ4n) is 4.16. The lowest BCUT2D eigenvalue weighted by Crippen LogP contribution is -2.13. The largest absolute Gasteiger partial charge is 0.508 e. The van der Waals surface area contributed by atoms with Crippen LogP contribution in [0.2, 0.25) is 0 Å². The smallest absolute Gasteiger partial charge is 0.225 e. The predicted octanol–water partition coefficient (Wildman–Crippen LogP) is 4.87. The molecule has 4 nitrogen and oxygen atoms in total. The normalized spacial score (nSPS) is 16.0. The Kier molecular flexibility index (Phi) is 3.90. The third kappa shape index (κ3) is 2.83. The van der Waals surface area contributed by atoms with Crippen LogP contribution in [0, 0.1) is 0 Å². The van der Waals surface area contributed by atoms with Crippen LogP contribution in [-0.2, 0) is 11.3 Å². The van der Waals surface area contributed by atoms with E-state index < -0.39 is 0 Å². The number of rotatable bonds is 3. The third-order valence-electron chi connectivity index (χ3n) is 5.47. The summed E-state index contributed by atoms with van der Waals surface area (Å²) in [5.74, 6) is 0.189. The van der Waals surface area contributed by atoms with Gasteiger partial charge in [0.1, 0.15) is 5.75 Å². The van der Waals surface area contributed by atoms with Crippen LogP contribution in [0.5, 0.6) is 5.75 Å². The molecule has 2 heterocycles. The number of amides is 1. The highest BCUT2D eigenvalue weighted by molar-refractivity contribution is 6.06. The summed E-state index contributed by atoms with van der Waals surface area (Å²) in [6.07, 6.45) is 2.56. The average Bonchev–Trinajstić information content (AvgIpc) is 2.99. The summed E-state index contributed by atoms with van der Waals surface area (Å²) in [5.41, 5.74) is 5.39. The quantitative estimate of drug-likeness (QED) is 0.542. The Morgan fingerprint density at radius 2 is 1.75 bits per heavy atom. The molecule has 4 aromatic rings. The molecule has 1 atom stereocenters. The molecule has 0 saturated carbocycles. The standard InChI is InChI=1S/C24H20N2O2/c27-18-11-9-17(10-12-18)19-13-23(28)25-21-7-4-8-22-24(21)20(19)15-26(22)14-16-5-2-1-3-6-16/h1-12,15,19,27H,13-14H2,(H,25,28)/t19-/m1/s1. The maximum Gasteiger partial charge on any atom is 0.225 e. The summed E-state index contributed by atoms with van der Waals surface area (Å²) in [6.45, 7) is 0.775. The first-order valence-electron chi connectivity index (χ1n) is 9.43. The predicted molar refractivity (Wildman–Crippen MR) is 111 cm³/mol. The lowest BCUT2D eigenvalue weighted by Gasteiger charge is -2.14. The van der Waals surface area contributed by atoms with Crippen LogP contribution in [0.1, 0.15) is 29.0 Å². The fourth-order valence-corrected chi connectivity index (χ4v) is 4.16. The van der Waals surface area contributed by atoms with Crippen LogP contribution < -0.4 is 5.32 Å². The van der Waals surface area contributed by atoms with E-state index in [0.29, 0.717) is 6.42 Å². The van der Waals surface area contributed by atoms with Crippen molar-refractivity contribution in [2.75, 3.05) is 5.32 Å². The first-order valence-corrected chi connectivity index (χ1v) is 9.43. The first-order chi connectivity index (χ1) is 13.7. The third-order valence-corrected chi connectivity index (χ3v) is 5.47. The van der Waals surface area contributed by atoms with Crippen molar-refractivity contribution >= 4 is 22.5 Å². The summed E-state index contributed by atoms with van der Waals surface area (Å²) in [4.78, 5) is 12.5. The van der Waals surface area contributed by atoms with Crippen molar-refractivity contribution < 1.29 is 9.90 Å². The summed E-state index contributed by atoms with van der Waals surface area (Å²) in [7, 11) is 0. The Morgan fingerprint density at radius 1 is 0.964 bits per heavy atom. The van der Waals surface area contributed by atoms with E-state index in [9.17, 15) is 9.90 Å². The van der Waals surface area contributed by atoms with Crippen molar-refractivity contribution in [1.82, 2.24) is 4.57 Å². The highest BCUT2D eigenvalue weighted by atomic mass is 16.3. The van der Waals surface area contributed by atoms with Crippen molar-refractivity contribution in [3.05, 3.63) is 95.7 Å². The Morgan fingerprint density at radius 3 is 2.54 bits per heavy atom. The molecule has 1 aliphatic heterocycles. The van der Waals surface area contributed by atoms with Gasteiger partial charge in [0.25, 0.3) is 0 Å². The molecule has 28 heavy (non-hydrogen) atoms. The van der Waals surface area contributed by atoms with Gasteiger partial charge in [0.2, 0.25) is 5.91 Å². The van der Waals surface area contributed by atoms with Crippen molar-refractivity contribution in [3.8, 4) is 5.75 Å². The molecule has 0 unspecified atom stereocenters. The van der Waals surface area contributed by atoms with E-state index in [2.05, 4.69) is 46.4 Å². The molecule has 1 aliphatic rings. The van der Waals surface area contributed by atoms with Crippen molar-refractivity contribution in [2.24, 2.45) is 0 Å². The molecular weight excluding hydrogens is 348 g/mol. The van der Waals surface area contributed by atoms with Crippen LogP contribution in [-0.4, -0.2) is 15.6 Å². The molecular formula is C24H20N2O2. The molecule has 0 fully saturated rings. The number of benzene rings is 3. The first kappa shape index (κ1) is 16.6. The summed E-state index contributed by atoms with van der Waals surface area (Å²) in [5, 5.41) is 13.8. The number of aromatic nitrogens is 1. The number of nitrogens with zero attached hydrogens (tertiary/aromatic N) is 1. The van der Waals surface area contributed by atoms with Gasteiger partial charge in [0, 0.05) is 30.5 Å². The van der Waals surface area contributed by atoms with E-state index in [-0.39, 0.29) is 17.6 Å².